The predicted octanol–water partition coefficient (Wildman–Crippen LogP) is 0.672. The second-order valence-corrected chi connectivity index (χ2v) is 2.20. The second-order valence-electron chi connectivity index (χ2n) is 2.20. The normalized spacial score (nSPS) is 22.3. The fraction of sp³-hybridized carbons (Fsp3) is 0.833. The van der Waals surface area contributed by atoms with Crippen LogP contribution in [-0.2, 0) is 21.3 Å². The van der Waals surface area contributed by atoms with Crippen molar-refractivity contribution in [3.63, 3.8) is 0 Å². The summed E-state index contributed by atoms with van der Waals surface area (Å²) >= 11 is 0. The van der Waals surface area contributed by atoms with E-state index in [1.807, 2.05) is 0 Å². The maximum absolute atomic E-state index is 10.3. The SMILES string of the molecule is CCCCC1NC1=O.[Ni]. The molecule has 3 heteroatoms. The molecule has 2 nitrogen and oxygen atoms in total. The Labute approximate surface area is 65.3 Å². The maximum atomic E-state index is 10.3. The summed E-state index contributed by atoms with van der Waals surface area (Å²) in [5.74, 6) is 0.235. The first-order chi connectivity index (χ1) is 3.84. The van der Waals surface area contributed by atoms with E-state index >= 15 is 0 Å². The predicted molar refractivity (Wildman–Crippen MR) is 31.5 cm³/mol. The van der Waals surface area contributed by atoms with Gasteiger partial charge >= 0.3 is 0 Å². The molecule has 0 aromatic heterocycles. The molecule has 1 N–H and O–H groups in total. The topological polar surface area (TPSA) is 39.0 Å². The van der Waals surface area contributed by atoms with Crippen molar-refractivity contribution in [2.24, 2.45) is 0 Å². The Kier molecular flexibility index (Phi) is 3.87. The Hall–Kier alpha value is -0.0365. The van der Waals surface area contributed by atoms with Crippen LogP contribution >= 0.6 is 0 Å². The number of carbonyl (C=O) groups excluding carboxylic acids is 1. The fourth-order valence-electron chi connectivity index (χ4n) is 0.742. The molecule has 0 aliphatic carbocycles. The molecule has 1 heterocycles. The third-order valence-electron chi connectivity index (χ3n) is 1.40. The van der Waals surface area contributed by atoms with Crippen molar-refractivity contribution >= 4 is 5.91 Å². The zero-order chi connectivity index (χ0) is 5.98. The Morgan fingerprint density at radius 1 is 1.67 bits per heavy atom. The van der Waals surface area contributed by atoms with Crippen LogP contribution in [0.2, 0.25) is 0 Å². The monoisotopic (exact) mass is 171 g/mol. The van der Waals surface area contributed by atoms with Gasteiger partial charge in [-0.1, -0.05) is 19.8 Å². The number of amides is 1. The minimum Gasteiger partial charge on any atom is -0.343 e. The third kappa shape index (κ3) is 2.85. The van der Waals surface area contributed by atoms with E-state index in [0.717, 1.165) is 6.42 Å². The average molecular weight is 172 g/mol. The number of rotatable bonds is 3. The summed E-state index contributed by atoms with van der Waals surface area (Å²) < 4.78 is 0. The number of hydrogen-bond acceptors (Lipinski definition) is 1. The first-order valence-electron chi connectivity index (χ1n) is 3.15. The van der Waals surface area contributed by atoms with Gasteiger partial charge in [-0.15, -0.1) is 0 Å². The van der Waals surface area contributed by atoms with Crippen molar-refractivity contribution in [3.05, 3.63) is 0 Å². The van der Waals surface area contributed by atoms with E-state index in [1.54, 1.807) is 0 Å². The van der Waals surface area contributed by atoms with Crippen molar-refractivity contribution in [1.82, 2.24) is 5.32 Å². The molecular formula is C6H11NNiO. The average Bonchev–Trinajstić information content (AvgIpc) is 2.42. The molecule has 0 spiro atoms. The minimum atomic E-state index is 0. The van der Waals surface area contributed by atoms with Gasteiger partial charge in [0.2, 0.25) is 5.91 Å². The van der Waals surface area contributed by atoms with Crippen LogP contribution in [-0.4, -0.2) is 11.9 Å². The van der Waals surface area contributed by atoms with Gasteiger partial charge in [0.15, 0.2) is 0 Å². The molecular weight excluding hydrogens is 161 g/mol. The molecule has 0 radical (unpaired) electrons. The Morgan fingerprint density at radius 2 is 2.22 bits per heavy atom. The first-order valence-corrected chi connectivity index (χ1v) is 3.15. The molecule has 1 rings (SSSR count). The van der Waals surface area contributed by atoms with E-state index in [1.165, 1.54) is 12.8 Å². The summed E-state index contributed by atoms with van der Waals surface area (Å²) in [5.41, 5.74) is 0. The Bertz CT molecular complexity index is 105. The fourth-order valence-corrected chi connectivity index (χ4v) is 0.742. The zero-order valence-electron chi connectivity index (χ0n) is 5.42. The Balaban J connectivity index is 0.000000640. The van der Waals surface area contributed by atoms with Gasteiger partial charge in [-0.25, -0.2) is 0 Å². The van der Waals surface area contributed by atoms with E-state index in [4.69, 9.17) is 0 Å². The molecule has 1 fully saturated rings. The van der Waals surface area contributed by atoms with Gasteiger partial charge in [-0.3, -0.25) is 4.79 Å². The number of carbonyl (C=O) groups is 1. The van der Waals surface area contributed by atoms with Crippen LogP contribution < -0.4 is 5.32 Å². The van der Waals surface area contributed by atoms with Crippen LogP contribution in [0.3, 0.4) is 0 Å². The minimum absolute atomic E-state index is 0. The van der Waals surface area contributed by atoms with Gasteiger partial charge in [0.1, 0.15) is 6.04 Å². The van der Waals surface area contributed by atoms with Crippen LogP contribution in [0.15, 0.2) is 0 Å². The summed E-state index contributed by atoms with van der Waals surface area (Å²) in [5, 5.41) is 2.73. The van der Waals surface area contributed by atoms with Gasteiger partial charge in [0, 0.05) is 16.5 Å². The number of hydrogen-bond donors (Lipinski definition) is 1. The molecule has 1 unspecified atom stereocenters. The van der Waals surface area contributed by atoms with E-state index in [2.05, 4.69) is 12.2 Å². The first kappa shape index (κ1) is 8.96. The van der Waals surface area contributed by atoms with Gasteiger partial charge in [-0.05, 0) is 6.42 Å². The quantitative estimate of drug-likeness (QED) is 0.493. The zero-order valence-corrected chi connectivity index (χ0v) is 6.41. The molecule has 0 saturated carbocycles. The molecule has 0 aromatic carbocycles. The number of unbranched alkanes of at least 4 members (excludes halogenated alkanes) is 1. The van der Waals surface area contributed by atoms with Crippen molar-refractivity contribution in [2.45, 2.75) is 32.2 Å². The van der Waals surface area contributed by atoms with E-state index in [9.17, 15) is 4.79 Å². The van der Waals surface area contributed by atoms with E-state index in [0.29, 0.717) is 0 Å². The molecule has 1 aliphatic rings. The molecule has 0 bridgehead atoms. The molecule has 1 amide bonds. The molecule has 0 aromatic rings. The van der Waals surface area contributed by atoms with Crippen LogP contribution in [0, 0.1) is 0 Å². The van der Waals surface area contributed by atoms with Crippen LogP contribution in [0.1, 0.15) is 26.2 Å². The summed E-state index contributed by atoms with van der Waals surface area (Å²) in [6, 6.07) is 0.231. The standard InChI is InChI=1S/C6H11NO.Ni/c1-2-3-4-5-6(8)7-5;/h5H,2-4H2,1H3,(H,7,8);. The van der Waals surface area contributed by atoms with Crippen molar-refractivity contribution in [2.75, 3.05) is 0 Å². The third-order valence-corrected chi connectivity index (χ3v) is 1.40. The van der Waals surface area contributed by atoms with Crippen LogP contribution in [0.5, 0.6) is 0 Å². The molecule has 1 saturated heterocycles. The number of nitrogens with one attached hydrogen (secondary N) is 1. The largest absolute Gasteiger partial charge is 0.343 e. The van der Waals surface area contributed by atoms with Gasteiger partial charge < -0.3 is 5.32 Å². The summed E-state index contributed by atoms with van der Waals surface area (Å²) in [7, 11) is 0. The molecule has 1 aliphatic heterocycles. The summed E-state index contributed by atoms with van der Waals surface area (Å²) in [6.45, 7) is 2.13. The summed E-state index contributed by atoms with van der Waals surface area (Å²) in [6.07, 6.45) is 3.39. The van der Waals surface area contributed by atoms with Crippen molar-refractivity contribution in [3.8, 4) is 0 Å². The van der Waals surface area contributed by atoms with Crippen LogP contribution in [0.25, 0.3) is 0 Å². The van der Waals surface area contributed by atoms with Gasteiger partial charge in [0.05, 0.1) is 0 Å². The van der Waals surface area contributed by atoms with Crippen LogP contribution in [0.4, 0.5) is 0 Å². The van der Waals surface area contributed by atoms with Gasteiger partial charge in [0.25, 0.3) is 0 Å². The second kappa shape index (κ2) is 3.89. The molecule has 56 valence electrons. The van der Waals surface area contributed by atoms with Gasteiger partial charge in [-0.2, -0.15) is 0 Å². The van der Waals surface area contributed by atoms with E-state index < -0.39 is 0 Å². The molecule has 9 heavy (non-hydrogen) atoms. The molecule has 1 atom stereocenters. The van der Waals surface area contributed by atoms with Crippen molar-refractivity contribution in [1.29, 1.82) is 0 Å². The maximum Gasteiger partial charge on any atom is 0.243 e. The summed E-state index contributed by atoms with van der Waals surface area (Å²) in [4.78, 5) is 10.3. The Morgan fingerprint density at radius 3 is 2.56 bits per heavy atom. The van der Waals surface area contributed by atoms with Crippen molar-refractivity contribution < 1.29 is 21.3 Å². The smallest absolute Gasteiger partial charge is 0.243 e. The van der Waals surface area contributed by atoms with E-state index in [-0.39, 0.29) is 28.4 Å².